The van der Waals surface area contributed by atoms with E-state index in [0.29, 0.717) is 19.0 Å². The Morgan fingerprint density at radius 1 is 1.04 bits per heavy atom. The van der Waals surface area contributed by atoms with Crippen LogP contribution >= 0.6 is 0 Å². The molecule has 1 saturated carbocycles. The molecule has 0 unspecified atom stereocenters. The van der Waals surface area contributed by atoms with Crippen molar-refractivity contribution in [3.8, 4) is 0 Å². The van der Waals surface area contributed by atoms with Crippen molar-refractivity contribution in [2.24, 2.45) is 5.92 Å². The molecule has 0 saturated heterocycles. The van der Waals surface area contributed by atoms with E-state index in [1.54, 1.807) is 0 Å². The van der Waals surface area contributed by atoms with Gasteiger partial charge in [0.2, 0.25) is 11.9 Å². The van der Waals surface area contributed by atoms with E-state index in [2.05, 4.69) is 45.0 Å². The van der Waals surface area contributed by atoms with Crippen LogP contribution in [0.25, 0.3) is 0 Å². The zero-order valence-electron chi connectivity index (χ0n) is 16.2. The summed E-state index contributed by atoms with van der Waals surface area (Å²) >= 11 is 0. The van der Waals surface area contributed by atoms with Gasteiger partial charge in [-0.1, -0.05) is 37.0 Å². The van der Waals surface area contributed by atoms with Gasteiger partial charge in [0.25, 0.3) is 0 Å². The monoisotopic (exact) mass is 367 g/mol. The highest BCUT2D eigenvalue weighted by Crippen LogP contribution is 2.23. The summed E-state index contributed by atoms with van der Waals surface area (Å²) in [6.45, 7) is 5.19. The molecule has 0 atom stereocenters. The van der Waals surface area contributed by atoms with Crippen LogP contribution in [-0.4, -0.2) is 29.0 Å². The standard InChI is InChI=1S/C21H29N5O/c1-15-8-10-18(11-9-15)25-19-14-16(2)24-21(26-19)23-13-12-22-20(27)17-6-4-3-5-7-17/h8-11,14,17H,3-7,12-13H2,1-2H3,(H,22,27)(H2,23,24,25,26). The van der Waals surface area contributed by atoms with Crippen molar-refractivity contribution in [1.82, 2.24) is 15.3 Å². The minimum absolute atomic E-state index is 0.184. The number of anilines is 3. The van der Waals surface area contributed by atoms with Gasteiger partial charge in [-0.25, -0.2) is 4.98 Å². The highest BCUT2D eigenvalue weighted by molar-refractivity contribution is 5.78. The quantitative estimate of drug-likeness (QED) is 0.646. The molecular formula is C21H29N5O. The zero-order valence-corrected chi connectivity index (χ0v) is 16.2. The molecule has 1 heterocycles. The summed E-state index contributed by atoms with van der Waals surface area (Å²) in [6, 6.07) is 10.1. The maximum Gasteiger partial charge on any atom is 0.224 e. The Kier molecular flexibility index (Phi) is 6.63. The van der Waals surface area contributed by atoms with Crippen LogP contribution in [0.1, 0.15) is 43.4 Å². The predicted octanol–water partition coefficient (Wildman–Crippen LogP) is 3.95. The molecule has 1 aliphatic rings. The molecule has 1 fully saturated rings. The average molecular weight is 367 g/mol. The first kappa shape index (κ1) is 19.1. The topological polar surface area (TPSA) is 78.9 Å². The Morgan fingerprint density at radius 2 is 1.78 bits per heavy atom. The summed E-state index contributed by atoms with van der Waals surface area (Å²) in [4.78, 5) is 21.1. The number of nitrogens with zero attached hydrogens (tertiary/aromatic N) is 2. The SMILES string of the molecule is Cc1ccc(Nc2cc(C)nc(NCCNC(=O)C3CCCCC3)n2)cc1. The van der Waals surface area contributed by atoms with Crippen molar-refractivity contribution >= 4 is 23.4 Å². The number of nitrogens with one attached hydrogen (secondary N) is 3. The minimum Gasteiger partial charge on any atom is -0.354 e. The largest absolute Gasteiger partial charge is 0.354 e. The zero-order chi connectivity index (χ0) is 19.1. The Morgan fingerprint density at radius 3 is 2.52 bits per heavy atom. The first-order valence-corrected chi connectivity index (χ1v) is 9.81. The molecule has 1 aromatic heterocycles. The lowest BCUT2D eigenvalue weighted by atomic mass is 9.89. The van der Waals surface area contributed by atoms with Gasteiger partial charge in [0.1, 0.15) is 5.82 Å². The number of aryl methyl sites for hydroxylation is 2. The van der Waals surface area contributed by atoms with Crippen molar-refractivity contribution in [3.05, 3.63) is 41.6 Å². The number of carbonyl (C=O) groups excluding carboxylic acids is 1. The molecule has 6 heteroatoms. The van der Waals surface area contributed by atoms with E-state index >= 15 is 0 Å². The molecule has 0 aliphatic heterocycles. The number of hydrogen-bond acceptors (Lipinski definition) is 5. The van der Waals surface area contributed by atoms with Crippen LogP contribution in [0.15, 0.2) is 30.3 Å². The van der Waals surface area contributed by atoms with E-state index in [1.807, 2.05) is 25.1 Å². The number of hydrogen-bond donors (Lipinski definition) is 3. The first-order valence-electron chi connectivity index (χ1n) is 9.81. The Labute approximate surface area is 161 Å². The number of aromatic nitrogens is 2. The molecule has 0 spiro atoms. The number of benzene rings is 1. The van der Waals surface area contributed by atoms with Gasteiger partial charge >= 0.3 is 0 Å². The molecule has 6 nitrogen and oxygen atoms in total. The van der Waals surface area contributed by atoms with Crippen LogP contribution in [0.5, 0.6) is 0 Å². The fourth-order valence-electron chi connectivity index (χ4n) is 3.37. The molecular weight excluding hydrogens is 338 g/mol. The first-order chi connectivity index (χ1) is 13.1. The lowest BCUT2D eigenvalue weighted by Crippen LogP contribution is -2.35. The van der Waals surface area contributed by atoms with Crippen molar-refractivity contribution in [3.63, 3.8) is 0 Å². The van der Waals surface area contributed by atoms with Gasteiger partial charge in [0, 0.05) is 36.5 Å². The summed E-state index contributed by atoms with van der Waals surface area (Å²) in [6.07, 6.45) is 5.64. The van der Waals surface area contributed by atoms with E-state index in [9.17, 15) is 4.79 Å². The molecule has 144 valence electrons. The summed E-state index contributed by atoms with van der Waals surface area (Å²) in [5.41, 5.74) is 3.09. The molecule has 0 bridgehead atoms. The fraction of sp³-hybridized carbons (Fsp3) is 0.476. The van der Waals surface area contributed by atoms with Gasteiger partial charge in [-0.2, -0.15) is 4.98 Å². The Bertz CT molecular complexity index is 754. The van der Waals surface area contributed by atoms with E-state index in [1.165, 1.54) is 24.8 Å². The second-order valence-corrected chi connectivity index (χ2v) is 7.26. The second-order valence-electron chi connectivity index (χ2n) is 7.26. The fourth-order valence-corrected chi connectivity index (χ4v) is 3.37. The smallest absolute Gasteiger partial charge is 0.224 e. The molecule has 27 heavy (non-hydrogen) atoms. The summed E-state index contributed by atoms with van der Waals surface area (Å²) in [7, 11) is 0. The average Bonchev–Trinajstić information content (AvgIpc) is 2.67. The lowest BCUT2D eigenvalue weighted by Gasteiger charge is -2.20. The van der Waals surface area contributed by atoms with Crippen molar-refractivity contribution < 1.29 is 4.79 Å². The van der Waals surface area contributed by atoms with E-state index in [0.717, 1.165) is 30.0 Å². The van der Waals surface area contributed by atoms with Crippen molar-refractivity contribution in [1.29, 1.82) is 0 Å². The molecule has 0 radical (unpaired) electrons. The van der Waals surface area contributed by atoms with Crippen LogP contribution in [-0.2, 0) is 4.79 Å². The summed E-state index contributed by atoms with van der Waals surface area (Å²) in [5.74, 6) is 1.69. The third-order valence-electron chi connectivity index (χ3n) is 4.86. The van der Waals surface area contributed by atoms with Gasteiger partial charge in [0.05, 0.1) is 0 Å². The van der Waals surface area contributed by atoms with E-state index in [-0.39, 0.29) is 11.8 Å². The lowest BCUT2D eigenvalue weighted by molar-refractivity contribution is -0.125. The normalized spacial score (nSPS) is 14.6. The van der Waals surface area contributed by atoms with Crippen LogP contribution in [0.2, 0.25) is 0 Å². The van der Waals surface area contributed by atoms with Crippen LogP contribution < -0.4 is 16.0 Å². The molecule has 1 amide bonds. The third kappa shape index (κ3) is 5.94. The number of carbonyl (C=O) groups is 1. The molecule has 3 rings (SSSR count). The van der Waals surface area contributed by atoms with E-state index < -0.39 is 0 Å². The molecule has 3 N–H and O–H groups in total. The summed E-state index contributed by atoms with van der Waals surface area (Å²) < 4.78 is 0. The van der Waals surface area contributed by atoms with Gasteiger partial charge in [0.15, 0.2) is 0 Å². The van der Waals surface area contributed by atoms with Gasteiger partial charge < -0.3 is 16.0 Å². The molecule has 2 aromatic rings. The Balaban J connectivity index is 1.49. The second kappa shape index (κ2) is 9.35. The number of amides is 1. The number of rotatable bonds is 7. The highest BCUT2D eigenvalue weighted by Gasteiger charge is 2.20. The maximum atomic E-state index is 12.2. The van der Waals surface area contributed by atoms with Crippen molar-refractivity contribution in [2.45, 2.75) is 46.0 Å². The van der Waals surface area contributed by atoms with Gasteiger partial charge in [-0.05, 0) is 38.8 Å². The van der Waals surface area contributed by atoms with Crippen LogP contribution in [0, 0.1) is 19.8 Å². The molecule has 1 aliphatic carbocycles. The summed E-state index contributed by atoms with van der Waals surface area (Å²) in [5, 5.41) is 9.53. The Hall–Kier alpha value is -2.63. The molecule has 1 aromatic carbocycles. The minimum atomic E-state index is 0.184. The van der Waals surface area contributed by atoms with E-state index in [4.69, 9.17) is 0 Å². The third-order valence-corrected chi connectivity index (χ3v) is 4.86. The van der Waals surface area contributed by atoms with Gasteiger partial charge in [-0.15, -0.1) is 0 Å². The highest BCUT2D eigenvalue weighted by atomic mass is 16.1. The maximum absolute atomic E-state index is 12.2. The van der Waals surface area contributed by atoms with Crippen molar-refractivity contribution in [2.75, 3.05) is 23.7 Å². The predicted molar refractivity (Wildman–Crippen MR) is 109 cm³/mol. The van der Waals surface area contributed by atoms with Crippen LogP contribution in [0.3, 0.4) is 0 Å². The van der Waals surface area contributed by atoms with Crippen LogP contribution in [0.4, 0.5) is 17.5 Å². The van der Waals surface area contributed by atoms with Gasteiger partial charge in [-0.3, -0.25) is 4.79 Å².